The van der Waals surface area contributed by atoms with Crippen LogP contribution in [0.25, 0.3) is 6.08 Å². The first-order chi connectivity index (χ1) is 15.6. The van der Waals surface area contributed by atoms with Gasteiger partial charge in [0.2, 0.25) is 0 Å². The smallest absolute Gasteiger partial charge is 0.303 e. The van der Waals surface area contributed by atoms with Crippen molar-refractivity contribution in [2.24, 2.45) is 0 Å². The summed E-state index contributed by atoms with van der Waals surface area (Å²) in [4.78, 5) is 24.0. The van der Waals surface area contributed by atoms with Crippen LogP contribution in [0, 0.1) is 0 Å². The number of hydrogen-bond acceptors (Lipinski definition) is 6. The van der Waals surface area contributed by atoms with Gasteiger partial charge >= 0.3 is 5.91 Å². The quantitative estimate of drug-likeness (QED) is 0.457. The summed E-state index contributed by atoms with van der Waals surface area (Å²) in [6.07, 6.45) is 12.3. The van der Waals surface area contributed by atoms with Crippen molar-refractivity contribution in [1.29, 1.82) is 0 Å². The normalized spacial score (nSPS) is 25.6. The SMILES string of the molecule is O=C(NOC1CCCCO1)C(F)=Cc1cnc(N[C@@H]2CCN(C3CCCCC3)C2)c(Cl)c1. The highest BCUT2D eigenvalue weighted by molar-refractivity contribution is 6.33. The van der Waals surface area contributed by atoms with Gasteiger partial charge in [-0.3, -0.25) is 9.69 Å². The van der Waals surface area contributed by atoms with Gasteiger partial charge in [-0.15, -0.1) is 0 Å². The molecule has 0 aromatic carbocycles. The number of likely N-dealkylation sites (tertiary alicyclic amines) is 1. The van der Waals surface area contributed by atoms with Gasteiger partial charge in [-0.25, -0.2) is 19.7 Å². The van der Waals surface area contributed by atoms with Gasteiger partial charge in [-0.1, -0.05) is 30.9 Å². The monoisotopic (exact) mass is 466 g/mol. The van der Waals surface area contributed by atoms with Crippen LogP contribution in [0.5, 0.6) is 0 Å². The van der Waals surface area contributed by atoms with Crippen LogP contribution in [0.4, 0.5) is 10.2 Å². The van der Waals surface area contributed by atoms with Gasteiger partial charge in [0.1, 0.15) is 5.82 Å². The number of nitrogens with one attached hydrogen (secondary N) is 2. The molecule has 4 rings (SSSR count). The molecule has 1 aromatic heterocycles. The third-order valence-electron chi connectivity index (χ3n) is 6.45. The lowest BCUT2D eigenvalue weighted by Gasteiger charge is -2.31. The second-order valence-corrected chi connectivity index (χ2v) is 9.26. The van der Waals surface area contributed by atoms with E-state index in [4.69, 9.17) is 21.2 Å². The highest BCUT2D eigenvalue weighted by atomic mass is 35.5. The van der Waals surface area contributed by atoms with Gasteiger partial charge in [0.05, 0.1) is 5.02 Å². The number of carbonyl (C=O) groups excluding carboxylic acids is 1. The van der Waals surface area contributed by atoms with Crippen molar-refractivity contribution in [2.45, 2.75) is 76.2 Å². The van der Waals surface area contributed by atoms with Crippen molar-refractivity contribution in [1.82, 2.24) is 15.4 Å². The van der Waals surface area contributed by atoms with E-state index in [2.05, 4.69) is 20.7 Å². The van der Waals surface area contributed by atoms with Crippen molar-refractivity contribution < 1.29 is 18.8 Å². The Morgan fingerprint density at radius 3 is 2.78 bits per heavy atom. The molecule has 1 unspecified atom stereocenters. The topological polar surface area (TPSA) is 75.7 Å². The van der Waals surface area contributed by atoms with Gasteiger partial charge in [0.15, 0.2) is 12.1 Å². The standard InChI is InChI=1S/C23H32ClFN4O3/c24-19-12-16(13-20(25)23(30)28-32-21-8-4-5-11-31-21)14-26-22(19)27-17-9-10-29(15-17)18-6-2-1-3-7-18/h12-14,17-18,21H,1-11,15H2,(H,26,27)(H,28,30)/t17-,21?/m1/s1. The molecule has 176 valence electrons. The molecule has 1 amide bonds. The largest absolute Gasteiger partial charge is 0.365 e. The Hall–Kier alpha value is -1.74. The van der Waals surface area contributed by atoms with Crippen molar-refractivity contribution in [3.05, 3.63) is 28.7 Å². The minimum Gasteiger partial charge on any atom is -0.365 e. The van der Waals surface area contributed by atoms with E-state index in [1.807, 2.05) is 0 Å². The van der Waals surface area contributed by atoms with Crippen LogP contribution in [0.1, 0.15) is 63.4 Å². The average molecular weight is 467 g/mol. The molecule has 32 heavy (non-hydrogen) atoms. The lowest BCUT2D eigenvalue weighted by Crippen LogP contribution is -2.36. The number of hydroxylamine groups is 1. The maximum absolute atomic E-state index is 14.3. The lowest BCUT2D eigenvalue weighted by atomic mass is 9.94. The van der Waals surface area contributed by atoms with E-state index in [-0.39, 0.29) is 0 Å². The second-order valence-electron chi connectivity index (χ2n) is 8.85. The van der Waals surface area contributed by atoms with E-state index in [0.717, 1.165) is 38.4 Å². The molecule has 2 atom stereocenters. The number of nitrogens with zero attached hydrogens (tertiary/aromatic N) is 2. The Kier molecular flexibility index (Phi) is 8.35. The van der Waals surface area contributed by atoms with Crippen molar-refractivity contribution in [2.75, 3.05) is 25.0 Å². The number of anilines is 1. The highest BCUT2D eigenvalue weighted by Crippen LogP contribution is 2.28. The minimum atomic E-state index is -0.988. The Morgan fingerprint density at radius 1 is 1.22 bits per heavy atom. The molecule has 3 fully saturated rings. The molecule has 7 nitrogen and oxygen atoms in total. The van der Waals surface area contributed by atoms with Crippen LogP contribution in [-0.2, 0) is 14.4 Å². The zero-order valence-electron chi connectivity index (χ0n) is 18.3. The molecule has 2 aliphatic heterocycles. The first kappa shape index (κ1) is 23.4. The third-order valence-corrected chi connectivity index (χ3v) is 6.73. The summed E-state index contributed by atoms with van der Waals surface area (Å²) in [5.74, 6) is -1.37. The number of amides is 1. The van der Waals surface area contributed by atoms with E-state index in [1.54, 1.807) is 6.07 Å². The van der Waals surface area contributed by atoms with Crippen LogP contribution in [0.2, 0.25) is 5.02 Å². The summed E-state index contributed by atoms with van der Waals surface area (Å²) >= 11 is 6.39. The minimum absolute atomic E-state index is 0.296. The molecule has 3 aliphatic rings. The zero-order valence-corrected chi connectivity index (χ0v) is 19.1. The Morgan fingerprint density at radius 2 is 2.03 bits per heavy atom. The van der Waals surface area contributed by atoms with E-state index in [1.165, 1.54) is 38.3 Å². The molecule has 0 spiro atoms. The Balaban J connectivity index is 1.28. The number of carbonyl (C=O) groups is 1. The molecule has 9 heteroatoms. The molecule has 0 radical (unpaired) electrons. The Labute approximate surface area is 193 Å². The maximum atomic E-state index is 14.3. The Bertz CT molecular complexity index is 812. The molecular weight excluding hydrogens is 435 g/mol. The van der Waals surface area contributed by atoms with Crippen LogP contribution in [0.15, 0.2) is 18.1 Å². The van der Waals surface area contributed by atoms with E-state index < -0.39 is 18.0 Å². The van der Waals surface area contributed by atoms with Crippen molar-refractivity contribution >= 4 is 29.4 Å². The summed E-state index contributed by atoms with van der Waals surface area (Å²) in [5, 5.41) is 3.82. The molecule has 2 N–H and O–H groups in total. The number of hydrogen-bond donors (Lipinski definition) is 2. The van der Waals surface area contributed by atoms with Gasteiger partial charge < -0.3 is 10.1 Å². The van der Waals surface area contributed by atoms with E-state index in [0.29, 0.717) is 41.5 Å². The number of pyridine rings is 1. The van der Waals surface area contributed by atoms with Gasteiger partial charge in [-0.2, -0.15) is 0 Å². The first-order valence-electron chi connectivity index (χ1n) is 11.7. The van der Waals surface area contributed by atoms with Gasteiger partial charge in [-0.05, 0) is 49.8 Å². The predicted molar refractivity (Wildman–Crippen MR) is 122 cm³/mol. The molecule has 3 heterocycles. The van der Waals surface area contributed by atoms with Crippen molar-refractivity contribution in [3.8, 4) is 0 Å². The fraction of sp³-hybridized carbons (Fsp3) is 0.652. The summed E-state index contributed by atoms with van der Waals surface area (Å²) in [5.41, 5.74) is 2.50. The van der Waals surface area contributed by atoms with Gasteiger partial charge in [0.25, 0.3) is 0 Å². The number of rotatable bonds is 7. The first-order valence-corrected chi connectivity index (χ1v) is 12.1. The number of aromatic nitrogens is 1. The van der Waals surface area contributed by atoms with Crippen LogP contribution < -0.4 is 10.8 Å². The van der Waals surface area contributed by atoms with Crippen LogP contribution >= 0.6 is 11.6 Å². The summed E-state index contributed by atoms with van der Waals surface area (Å²) < 4.78 is 19.6. The second kappa shape index (κ2) is 11.4. The van der Waals surface area contributed by atoms with E-state index >= 15 is 0 Å². The van der Waals surface area contributed by atoms with Crippen LogP contribution in [0.3, 0.4) is 0 Å². The van der Waals surface area contributed by atoms with E-state index in [9.17, 15) is 9.18 Å². The van der Waals surface area contributed by atoms with Gasteiger partial charge in [0, 0.05) is 44.4 Å². The predicted octanol–water partition coefficient (Wildman–Crippen LogP) is 4.44. The maximum Gasteiger partial charge on any atom is 0.303 e. The molecule has 0 bridgehead atoms. The fourth-order valence-electron chi connectivity index (χ4n) is 4.70. The zero-order chi connectivity index (χ0) is 22.3. The lowest BCUT2D eigenvalue weighted by molar-refractivity contribution is -0.199. The average Bonchev–Trinajstić information content (AvgIpc) is 3.29. The summed E-state index contributed by atoms with van der Waals surface area (Å²) in [6, 6.07) is 2.60. The number of ether oxygens (including phenoxy) is 1. The molecule has 1 saturated carbocycles. The summed E-state index contributed by atoms with van der Waals surface area (Å²) in [7, 11) is 0. The summed E-state index contributed by atoms with van der Waals surface area (Å²) in [6.45, 7) is 2.65. The molecule has 1 aliphatic carbocycles. The van der Waals surface area contributed by atoms with Crippen LogP contribution in [-0.4, -0.2) is 53.9 Å². The highest BCUT2D eigenvalue weighted by Gasteiger charge is 2.29. The number of halogens is 2. The third kappa shape index (κ3) is 6.41. The molecule has 1 aromatic rings. The molecule has 2 saturated heterocycles. The molecular formula is C23H32ClFN4O3. The fourth-order valence-corrected chi connectivity index (χ4v) is 4.93. The van der Waals surface area contributed by atoms with Crippen molar-refractivity contribution in [3.63, 3.8) is 0 Å².